The second-order valence-corrected chi connectivity index (χ2v) is 5.85. The smallest absolute Gasteiger partial charge is 0.257 e. The van der Waals surface area contributed by atoms with Crippen molar-refractivity contribution < 1.29 is 4.79 Å². The summed E-state index contributed by atoms with van der Waals surface area (Å²) in [5.74, 6) is -0.306. The number of aromatic nitrogens is 2. The number of nitrogens with zero attached hydrogens (tertiary/aromatic N) is 2. The third-order valence-corrected chi connectivity index (χ3v) is 4.16. The number of anilines is 2. The van der Waals surface area contributed by atoms with E-state index in [2.05, 4.69) is 15.5 Å². The SMILES string of the molecule is Nc1cc(C(=O)Nc2nnc(-c3ccccc3)s2)ccc1Cl. The fraction of sp³-hybridized carbons (Fsp3) is 0. The van der Waals surface area contributed by atoms with Crippen molar-refractivity contribution in [2.75, 3.05) is 11.1 Å². The summed E-state index contributed by atoms with van der Waals surface area (Å²) in [6, 6.07) is 14.4. The quantitative estimate of drug-likeness (QED) is 0.717. The number of carbonyl (C=O) groups excluding carboxylic acids is 1. The molecule has 110 valence electrons. The van der Waals surface area contributed by atoms with Crippen LogP contribution in [0, 0.1) is 0 Å². The fourth-order valence-corrected chi connectivity index (χ4v) is 2.69. The van der Waals surface area contributed by atoms with Gasteiger partial charge in [0.1, 0.15) is 5.01 Å². The Balaban J connectivity index is 1.77. The second kappa shape index (κ2) is 6.13. The van der Waals surface area contributed by atoms with Gasteiger partial charge in [-0.05, 0) is 18.2 Å². The van der Waals surface area contributed by atoms with E-state index >= 15 is 0 Å². The van der Waals surface area contributed by atoms with Gasteiger partial charge in [0.2, 0.25) is 5.13 Å². The molecular formula is C15H11ClN4OS. The Morgan fingerprint density at radius 3 is 2.64 bits per heavy atom. The predicted molar refractivity (Wildman–Crippen MR) is 89.2 cm³/mol. The van der Waals surface area contributed by atoms with Crippen LogP contribution in [0.5, 0.6) is 0 Å². The molecule has 0 fully saturated rings. The lowest BCUT2D eigenvalue weighted by Crippen LogP contribution is -2.12. The van der Waals surface area contributed by atoms with E-state index in [0.29, 0.717) is 21.4 Å². The van der Waals surface area contributed by atoms with Crippen LogP contribution >= 0.6 is 22.9 Å². The molecule has 5 nitrogen and oxygen atoms in total. The highest BCUT2D eigenvalue weighted by atomic mass is 35.5. The van der Waals surface area contributed by atoms with Crippen LogP contribution in [0.3, 0.4) is 0 Å². The van der Waals surface area contributed by atoms with E-state index in [4.69, 9.17) is 17.3 Å². The van der Waals surface area contributed by atoms with Gasteiger partial charge in [-0.3, -0.25) is 10.1 Å². The average molecular weight is 331 g/mol. The zero-order valence-corrected chi connectivity index (χ0v) is 12.9. The van der Waals surface area contributed by atoms with Gasteiger partial charge in [-0.25, -0.2) is 0 Å². The number of nitrogens with two attached hydrogens (primary N) is 1. The molecule has 1 heterocycles. The summed E-state index contributed by atoms with van der Waals surface area (Å²) >= 11 is 7.14. The molecule has 0 saturated heterocycles. The van der Waals surface area contributed by atoms with E-state index in [1.807, 2.05) is 30.3 Å². The standard InChI is InChI=1S/C15H11ClN4OS/c16-11-7-6-10(8-12(11)17)13(21)18-15-20-19-14(22-15)9-4-2-1-3-5-9/h1-8H,17H2,(H,18,20,21). The zero-order valence-electron chi connectivity index (χ0n) is 11.3. The van der Waals surface area contributed by atoms with Gasteiger partial charge < -0.3 is 5.73 Å². The van der Waals surface area contributed by atoms with Crippen molar-refractivity contribution in [3.63, 3.8) is 0 Å². The lowest BCUT2D eigenvalue weighted by molar-refractivity contribution is 0.102. The van der Waals surface area contributed by atoms with Crippen LogP contribution in [-0.2, 0) is 0 Å². The van der Waals surface area contributed by atoms with Crippen molar-refractivity contribution in [2.45, 2.75) is 0 Å². The summed E-state index contributed by atoms with van der Waals surface area (Å²) in [6.45, 7) is 0. The Morgan fingerprint density at radius 2 is 1.91 bits per heavy atom. The van der Waals surface area contributed by atoms with Crippen LogP contribution in [0.1, 0.15) is 10.4 Å². The molecule has 0 spiro atoms. The summed E-state index contributed by atoms with van der Waals surface area (Å²) < 4.78 is 0. The molecule has 1 amide bonds. The van der Waals surface area contributed by atoms with E-state index in [0.717, 1.165) is 10.6 Å². The van der Waals surface area contributed by atoms with Gasteiger partial charge in [0.05, 0.1) is 10.7 Å². The van der Waals surface area contributed by atoms with Gasteiger partial charge in [-0.2, -0.15) is 0 Å². The van der Waals surface area contributed by atoms with Gasteiger partial charge in [0, 0.05) is 11.1 Å². The molecule has 2 aromatic carbocycles. The van der Waals surface area contributed by atoms with Crippen LogP contribution in [0.4, 0.5) is 10.8 Å². The van der Waals surface area contributed by atoms with Gasteiger partial charge in [-0.15, -0.1) is 10.2 Å². The molecule has 0 aliphatic rings. The number of nitrogen functional groups attached to an aromatic ring is 1. The molecule has 0 saturated carbocycles. The number of nitrogens with one attached hydrogen (secondary N) is 1. The minimum Gasteiger partial charge on any atom is -0.398 e. The van der Waals surface area contributed by atoms with Gasteiger partial charge in [0.25, 0.3) is 5.91 Å². The Bertz CT molecular complexity index is 819. The lowest BCUT2D eigenvalue weighted by atomic mass is 10.2. The Kier molecular flexibility index (Phi) is 4.04. The molecule has 7 heteroatoms. The first kappa shape index (κ1) is 14.5. The van der Waals surface area contributed by atoms with Crippen LogP contribution < -0.4 is 11.1 Å². The molecule has 3 aromatic rings. The predicted octanol–water partition coefficient (Wildman–Crippen LogP) is 3.69. The van der Waals surface area contributed by atoms with Gasteiger partial charge >= 0.3 is 0 Å². The van der Waals surface area contributed by atoms with Gasteiger partial charge in [0.15, 0.2) is 0 Å². The number of hydrogen-bond donors (Lipinski definition) is 2. The first-order chi connectivity index (χ1) is 10.6. The second-order valence-electron chi connectivity index (χ2n) is 4.47. The average Bonchev–Trinajstić information content (AvgIpc) is 2.99. The van der Waals surface area contributed by atoms with E-state index in [9.17, 15) is 4.79 Å². The van der Waals surface area contributed by atoms with E-state index < -0.39 is 0 Å². The van der Waals surface area contributed by atoms with Crippen LogP contribution in [0.15, 0.2) is 48.5 Å². The van der Waals surface area contributed by atoms with Crippen LogP contribution in [-0.4, -0.2) is 16.1 Å². The van der Waals surface area contributed by atoms with Crippen molar-refractivity contribution in [3.8, 4) is 10.6 Å². The number of carbonyl (C=O) groups is 1. The molecule has 3 N–H and O–H groups in total. The van der Waals surface area contributed by atoms with E-state index in [1.54, 1.807) is 12.1 Å². The number of amides is 1. The number of hydrogen-bond acceptors (Lipinski definition) is 5. The maximum atomic E-state index is 12.2. The van der Waals surface area contributed by atoms with Crippen molar-refractivity contribution in [1.29, 1.82) is 0 Å². The molecule has 0 aliphatic heterocycles. The first-order valence-corrected chi connectivity index (χ1v) is 7.58. The Labute approximate surface area is 135 Å². The number of halogens is 1. The monoisotopic (exact) mass is 330 g/mol. The maximum absolute atomic E-state index is 12.2. The first-order valence-electron chi connectivity index (χ1n) is 6.39. The third-order valence-electron chi connectivity index (χ3n) is 2.92. The molecule has 0 bridgehead atoms. The molecule has 3 rings (SSSR count). The molecule has 0 radical (unpaired) electrons. The molecule has 22 heavy (non-hydrogen) atoms. The minimum absolute atomic E-state index is 0.306. The number of rotatable bonds is 3. The largest absolute Gasteiger partial charge is 0.398 e. The fourth-order valence-electron chi connectivity index (χ4n) is 1.83. The zero-order chi connectivity index (χ0) is 15.5. The maximum Gasteiger partial charge on any atom is 0.257 e. The van der Waals surface area contributed by atoms with Crippen molar-refractivity contribution in [2.24, 2.45) is 0 Å². The van der Waals surface area contributed by atoms with Crippen LogP contribution in [0.2, 0.25) is 5.02 Å². The van der Waals surface area contributed by atoms with Crippen molar-refractivity contribution in [3.05, 3.63) is 59.1 Å². The Hall–Kier alpha value is -2.44. The van der Waals surface area contributed by atoms with Gasteiger partial charge in [-0.1, -0.05) is 53.3 Å². The summed E-state index contributed by atoms with van der Waals surface area (Å²) in [5.41, 5.74) is 7.42. The summed E-state index contributed by atoms with van der Waals surface area (Å²) in [6.07, 6.45) is 0. The van der Waals surface area contributed by atoms with Crippen molar-refractivity contribution in [1.82, 2.24) is 10.2 Å². The number of benzene rings is 2. The van der Waals surface area contributed by atoms with Crippen LogP contribution in [0.25, 0.3) is 10.6 Å². The topological polar surface area (TPSA) is 80.9 Å². The molecular weight excluding hydrogens is 320 g/mol. The summed E-state index contributed by atoms with van der Waals surface area (Å²) in [4.78, 5) is 12.2. The molecule has 0 aliphatic carbocycles. The lowest BCUT2D eigenvalue weighted by Gasteiger charge is -2.03. The Morgan fingerprint density at radius 1 is 1.14 bits per heavy atom. The normalized spacial score (nSPS) is 10.4. The van der Waals surface area contributed by atoms with E-state index in [1.165, 1.54) is 17.4 Å². The summed E-state index contributed by atoms with van der Waals surface area (Å²) in [7, 11) is 0. The highest BCUT2D eigenvalue weighted by Crippen LogP contribution is 2.26. The highest BCUT2D eigenvalue weighted by Gasteiger charge is 2.12. The van der Waals surface area contributed by atoms with E-state index in [-0.39, 0.29) is 5.91 Å². The highest BCUT2D eigenvalue weighted by molar-refractivity contribution is 7.18. The molecule has 0 unspecified atom stereocenters. The minimum atomic E-state index is -0.306. The molecule has 1 aromatic heterocycles. The third kappa shape index (κ3) is 3.08. The summed E-state index contributed by atoms with van der Waals surface area (Å²) in [5, 5.41) is 12.3. The van der Waals surface area contributed by atoms with Crippen molar-refractivity contribution >= 4 is 39.7 Å². The molecule has 0 atom stereocenters.